The zero-order valence-electron chi connectivity index (χ0n) is 21.5. The molecule has 0 N–H and O–H groups in total. The Bertz CT molecular complexity index is 2270. The molecule has 0 aliphatic rings. The molecule has 0 aliphatic carbocycles. The average molecular weight is 511 g/mol. The van der Waals surface area contributed by atoms with Crippen molar-refractivity contribution in [2.24, 2.45) is 0 Å². The summed E-state index contributed by atoms with van der Waals surface area (Å²) in [4.78, 5) is 9.89. The molecule has 0 saturated carbocycles. The molecule has 0 aliphatic heterocycles. The molecule has 9 rings (SSSR count). The van der Waals surface area contributed by atoms with E-state index in [1.165, 1.54) is 26.9 Å². The van der Waals surface area contributed by atoms with Crippen LogP contribution in [0.15, 0.2) is 134 Å². The third kappa shape index (κ3) is 2.90. The molecule has 4 heterocycles. The number of benzene rings is 5. The molecular weight excluding hydrogens is 488 g/mol. The molecule has 5 aromatic carbocycles. The second-order valence-corrected chi connectivity index (χ2v) is 10.3. The summed E-state index contributed by atoms with van der Waals surface area (Å²) in [7, 11) is 0. The third-order valence-electron chi connectivity index (χ3n) is 8.14. The minimum Gasteiger partial charge on any atom is -0.307 e. The number of nitrogens with zero attached hydrogens (tertiary/aromatic N) is 4. The first-order valence-corrected chi connectivity index (χ1v) is 13.5. The molecule has 4 heteroatoms. The molecule has 0 unspecified atom stereocenters. The summed E-state index contributed by atoms with van der Waals surface area (Å²) in [6.07, 6.45) is 3.88. The van der Waals surface area contributed by atoms with Crippen molar-refractivity contribution in [3.05, 3.63) is 134 Å². The van der Waals surface area contributed by atoms with E-state index in [0.29, 0.717) is 0 Å². The maximum atomic E-state index is 5.06. The van der Waals surface area contributed by atoms with Crippen molar-refractivity contribution in [2.75, 3.05) is 0 Å². The van der Waals surface area contributed by atoms with E-state index in [2.05, 4.69) is 124 Å². The fourth-order valence-electron chi connectivity index (χ4n) is 6.36. The Morgan fingerprint density at radius 1 is 0.425 bits per heavy atom. The van der Waals surface area contributed by atoms with E-state index in [9.17, 15) is 0 Å². The van der Waals surface area contributed by atoms with Gasteiger partial charge in [0, 0.05) is 34.5 Å². The molecule has 9 aromatic rings. The second-order valence-electron chi connectivity index (χ2n) is 10.3. The first-order chi connectivity index (χ1) is 19.8. The van der Waals surface area contributed by atoms with E-state index in [1.807, 2.05) is 18.5 Å². The molecular formula is C36H22N4. The first-order valence-electron chi connectivity index (χ1n) is 13.5. The average Bonchev–Trinajstić information content (AvgIpc) is 3.54. The summed E-state index contributed by atoms with van der Waals surface area (Å²) in [5.74, 6) is 0. The minimum atomic E-state index is 0.904. The molecule has 40 heavy (non-hydrogen) atoms. The zero-order valence-corrected chi connectivity index (χ0v) is 21.5. The van der Waals surface area contributed by atoms with Gasteiger partial charge < -0.3 is 9.13 Å². The van der Waals surface area contributed by atoms with E-state index in [-0.39, 0.29) is 0 Å². The van der Waals surface area contributed by atoms with Crippen molar-refractivity contribution in [2.45, 2.75) is 0 Å². The fourth-order valence-corrected chi connectivity index (χ4v) is 6.36. The number of hydrogen-bond acceptors (Lipinski definition) is 2. The van der Waals surface area contributed by atoms with E-state index in [1.54, 1.807) is 0 Å². The van der Waals surface area contributed by atoms with E-state index < -0.39 is 0 Å². The Morgan fingerprint density at radius 3 is 1.75 bits per heavy atom. The molecule has 0 bridgehead atoms. The molecule has 0 spiro atoms. The third-order valence-corrected chi connectivity index (χ3v) is 8.14. The maximum absolute atomic E-state index is 5.06. The Kier molecular flexibility index (Phi) is 4.30. The maximum Gasteiger partial charge on any atom is 0.117 e. The lowest BCUT2D eigenvalue weighted by Crippen LogP contribution is -1.99. The molecule has 4 nitrogen and oxygen atoms in total. The lowest BCUT2D eigenvalue weighted by Gasteiger charge is -2.13. The Labute approximate surface area is 229 Å². The zero-order chi connectivity index (χ0) is 26.2. The predicted molar refractivity (Wildman–Crippen MR) is 166 cm³/mol. The number of pyridine rings is 2. The minimum absolute atomic E-state index is 0.904. The van der Waals surface area contributed by atoms with Crippen LogP contribution in [0.2, 0.25) is 0 Å². The lowest BCUT2D eigenvalue weighted by molar-refractivity contribution is 1.15. The fraction of sp³-hybridized carbons (Fsp3) is 0. The van der Waals surface area contributed by atoms with Gasteiger partial charge in [0.1, 0.15) is 11.0 Å². The first kappa shape index (κ1) is 21.5. The highest BCUT2D eigenvalue weighted by Crippen LogP contribution is 2.40. The van der Waals surface area contributed by atoms with Crippen LogP contribution in [-0.2, 0) is 0 Å². The molecule has 0 radical (unpaired) electrons. The lowest BCUT2D eigenvalue weighted by atomic mass is 10.1. The van der Waals surface area contributed by atoms with Crippen LogP contribution >= 0.6 is 0 Å². The van der Waals surface area contributed by atoms with Gasteiger partial charge >= 0.3 is 0 Å². The van der Waals surface area contributed by atoms with Crippen LogP contribution in [0.5, 0.6) is 0 Å². The Hall–Kier alpha value is -5.48. The van der Waals surface area contributed by atoms with Crippen LogP contribution in [0.25, 0.3) is 76.8 Å². The second kappa shape index (κ2) is 8.01. The number of para-hydroxylation sites is 1. The van der Waals surface area contributed by atoms with Crippen LogP contribution in [0.4, 0.5) is 0 Å². The molecule has 0 atom stereocenters. The van der Waals surface area contributed by atoms with E-state index in [0.717, 1.165) is 49.9 Å². The summed E-state index contributed by atoms with van der Waals surface area (Å²) < 4.78 is 4.74. The van der Waals surface area contributed by atoms with Gasteiger partial charge in [-0.05, 0) is 64.0 Å². The SMILES string of the molecule is c1ccc2cc(-n3c4ccccc4c4cnc5c6ncccc6n(-c6ccc7ccccc7c6)c5c43)ccc2c1. The van der Waals surface area contributed by atoms with Crippen LogP contribution in [0.1, 0.15) is 0 Å². The number of rotatable bonds is 2. The number of fused-ring (bicyclic) bond motifs is 9. The van der Waals surface area contributed by atoms with Gasteiger partial charge in [0.05, 0.1) is 22.1 Å². The number of aromatic nitrogens is 4. The van der Waals surface area contributed by atoms with Gasteiger partial charge in [-0.1, -0.05) is 78.9 Å². The molecule has 0 saturated heterocycles. The molecule has 0 fully saturated rings. The van der Waals surface area contributed by atoms with Crippen molar-refractivity contribution in [3.8, 4) is 11.4 Å². The topological polar surface area (TPSA) is 35.6 Å². The Morgan fingerprint density at radius 2 is 1.02 bits per heavy atom. The summed E-state index contributed by atoms with van der Waals surface area (Å²) in [6, 6.07) is 43.2. The monoisotopic (exact) mass is 510 g/mol. The predicted octanol–water partition coefficient (Wildman–Crippen LogP) is 8.98. The highest BCUT2D eigenvalue weighted by molar-refractivity contribution is 6.21. The largest absolute Gasteiger partial charge is 0.307 e. The van der Waals surface area contributed by atoms with Crippen molar-refractivity contribution in [1.82, 2.24) is 19.1 Å². The normalized spacial score (nSPS) is 12.0. The van der Waals surface area contributed by atoms with Gasteiger partial charge in [0.2, 0.25) is 0 Å². The van der Waals surface area contributed by atoms with Gasteiger partial charge in [0.15, 0.2) is 0 Å². The highest BCUT2D eigenvalue weighted by Gasteiger charge is 2.22. The van der Waals surface area contributed by atoms with Gasteiger partial charge in [-0.3, -0.25) is 9.97 Å². The Balaban J connectivity index is 1.51. The summed E-state index contributed by atoms with van der Waals surface area (Å²) in [6.45, 7) is 0. The van der Waals surface area contributed by atoms with E-state index >= 15 is 0 Å². The molecule has 186 valence electrons. The summed E-state index contributed by atoms with van der Waals surface area (Å²) in [5.41, 5.74) is 8.42. The van der Waals surface area contributed by atoms with Crippen LogP contribution in [-0.4, -0.2) is 19.1 Å². The standard InChI is InChI=1S/C36H22N4/c1-3-10-25-20-27(17-15-23(25)8-1)39-31-13-6-5-12-29(31)30-22-38-34-33-32(14-7-19-37-33)40(36(34)35(30)39)28-18-16-24-9-2-4-11-26(24)21-28/h1-22H. The highest BCUT2D eigenvalue weighted by atomic mass is 15.1. The van der Waals surface area contributed by atoms with E-state index in [4.69, 9.17) is 9.97 Å². The van der Waals surface area contributed by atoms with Gasteiger partial charge in [-0.15, -0.1) is 0 Å². The van der Waals surface area contributed by atoms with Crippen molar-refractivity contribution in [3.63, 3.8) is 0 Å². The van der Waals surface area contributed by atoms with Gasteiger partial charge in [-0.2, -0.15) is 0 Å². The van der Waals surface area contributed by atoms with Gasteiger partial charge in [0.25, 0.3) is 0 Å². The van der Waals surface area contributed by atoms with Crippen LogP contribution in [0, 0.1) is 0 Å². The summed E-state index contributed by atoms with van der Waals surface area (Å²) in [5, 5.41) is 7.18. The molecule has 0 amide bonds. The van der Waals surface area contributed by atoms with Crippen molar-refractivity contribution < 1.29 is 0 Å². The quantitative estimate of drug-likeness (QED) is 0.233. The van der Waals surface area contributed by atoms with Gasteiger partial charge in [-0.25, -0.2) is 0 Å². The number of hydrogen-bond donors (Lipinski definition) is 0. The van der Waals surface area contributed by atoms with Crippen LogP contribution in [0.3, 0.4) is 0 Å². The summed E-state index contributed by atoms with van der Waals surface area (Å²) >= 11 is 0. The van der Waals surface area contributed by atoms with Crippen molar-refractivity contribution >= 4 is 65.4 Å². The smallest absolute Gasteiger partial charge is 0.117 e. The molecule has 4 aromatic heterocycles. The van der Waals surface area contributed by atoms with Crippen LogP contribution < -0.4 is 0 Å². The van der Waals surface area contributed by atoms with Crippen molar-refractivity contribution in [1.29, 1.82) is 0 Å².